The van der Waals surface area contributed by atoms with Crippen LogP contribution in [0.2, 0.25) is 0 Å². The highest BCUT2D eigenvalue weighted by molar-refractivity contribution is 7.26. The van der Waals surface area contributed by atoms with Crippen molar-refractivity contribution in [2.24, 2.45) is 18.5 Å². The number of amidine groups is 1. The molecule has 0 unspecified atom stereocenters. The summed E-state index contributed by atoms with van der Waals surface area (Å²) >= 11 is 1.89. The van der Waals surface area contributed by atoms with Crippen LogP contribution in [0.25, 0.3) is 63.5 Å². The zero-order chi connectivity index (χ0) is 31.6. The minimum Gasteiger partial charge on any atom is -0.384 e. The SMILES string of the molecule is Cn1c2ccccc2c2c3ccc4c(ccc5sc6ccccc6c54)c3ccc21.N=C(N)c1ccccc1.NCc1ccccc1. The van der Waals surface area contributed by atoms with Gasteiger partial charge in [-0.05, 0) is 51.4 Å². The fraction of sp³-hybridized carbons (Fsp3) is 0.0488. The molecule has 7 aromatic carbocycles. The number of fused-ring (bicyclic) bond motifs is 11. The van der Waals surface area contributed by atoms with E-state index in [-0.39, 0.29) is 5.84 Å². The molecule has 0 fully saturated rings. The first-order chi connectivity index (χ1) is 22.5. The first kappa shape index (κ1) is 29.2. The number of nitrogens with two attached hydrogens (primary N) is 2. The molecule has 9 rings (SSSR count). The number of nitrogens with one attached hydrogen (secondary N) is 1. The molecule has 0 aliphatic carbocycles. The molecule has 0 radical (unpaired) electrons. The average Bonchev–Trinajstić information content (AvgIpc) is 3.65. The fourth-order valence-corrected chi connectivity index (χ4v) is 7.46. The molecule has 2 aromatic heterocycles. The van der Waals surface area contributed by atoms with Crippen LogP contribution in [-0.4, -0.2) is 10.4 Å². The Morgan fingerprint density at radius 3 is 1.76 bits per heavy atom. The third kappa shape index (κ3) is 5.26. The van der Waals surface area contributed by atoms with E-state index in [0.29, 0.717) is 6.54 Å². The van der Waals surface area contributed by atoms with Crippen LogP contribution in [-0.2, 0) is 13.6 Å². The first-order valence-corrected chi connectivity index (χ1v) is 16.1. The second-order valence-electron chi connectivity index (χ2n) is 11.3. The predicted octanol–water partition coefficient (Wildman–Crippen LogP) is 10.1. The van der Waals surface area contributed by atoms with Gasteiger partial charge in [-0.25, -0.2) is 0 Å². The zero-order valence-corrected chi connectivity index (χ0v) is 26.4. The van der Waals surface area contributed by atoms with Crippen molar-refractivity contribution in [3.05, 3.63) is 157 Å². The summed E-state index contributed by atoms with van der Waals surface area (Å²) in [6, 6.07) is 50.6. The van der Waals surface area contributed by atoms with Gasteiger partial charge in [0.15, 0.2) is 0 Å². The fourth-order valence-electron chi connectivity index (χ4n) is 6.34. The van der Waals surface area contributed by atoms with Gasteiger partial charge < -0.3 is 16.0 Å². The summed E-state index contributed by atoms with van der Waals surface area (Å²) in [6.45, 7) is 0.640. The topological polar surface area (TPSA) is 80.8 Å². The number of hydrogen-bond acceptors (Lipinski definition) is 3. The lowest BCUT2D eigenvalue weighted by atomic mass is 9.96. The molecule has 5 N–H and O–H groups in total. The van der Waals surface area contributed by atoms with Gasteiger partial charge in [0, 0.05) is 61.1 Å². The third-order valence-electron chi connectivity index (χ3n) is 8.57. The van der Waals surface area contributed by atoms with E-state index in [1.165, 1.54) is 69.1 Å². The summed E-state index contributed by atoms with van der Waals surface area (Å²) in [5.41, 5.74) is 15.1. The van der Waals surface area contributed by atoms with Crippen molar-refractivity contribution in [3.8, 4) is 0 Å². The Morgan fingerprint density at radius 1 is 0.543 bits per heavy atom. The highest BCUT2D eigenvalue weighted by atomic mass is 32.1. The second kappa shape index (κ2) is 12.5. The van der Waals surface area contributed by atoms with Crippen molar-refractivity contribution in [2.75, 3.05) is 0 Å². The molecule has 0 bridgehead atoms. The number of nitrogens with zero attached hydrogens (tertiary/aromatic N) is 1. The van der Waals surface area contributed by atoms with E-state index in [2.05, 4.69) is 96.5 Å². The summed E-state index contributed by atoms with van der Waals surface area (Å²) in [5, 5.41) is 17.8. The number of benzene rings is 7. The first-order valence-electron chi connectivity index (χ1n) is 15.3. The van der Waals surface area contributed by atoms with Gasteiger partial charge in [0.05, 0.1) is 0 Å². The van der Waals surface area contributed by atoms with E-state index < -0.39 is 0 Å². The lowest BCUT2D eigenvalue weighted by molar-refractivity contribution is 1.01. The van der Waals surface area contributed by atoms with E-state index in [9.17, 15) is 0 Å². The number of nitrogen functional groups attached to an aromatic ring is 1. The van der Waals surface area contributed by atoms with Crippen molar-refractivity contribution in [1.82, 2.24) is 4.57 Å². The molecule has 4 nitrogen and oxygen atoms in total. The molecule has 0 aliphatic rings. The number of aromatic nitrogens is 1. The van der Waals surface area contributed by atoms with Gasteiger partial charge >= 0.3 is 0 Å². The third-order valence-corrected chi connectivity index (χ3v) is 9.71. The molecule has 0 aliphatic heterocycles. The van der Waals surface area contributed by atoms with Crippen molar-refractivity contribution in [1.29, 1.82) is 5.41 Å². The number of rotatable bonds is 2. The Labute approximate surface area is 271 Å². The number of aryl methyl sites for hydroxylation is 1. The Bertz CT molecular complexity index is 2490. The molecule has 0 saturated heterocycles. The highest BCUT2D eigenvalue weighted by Gasteiger charge is 2.14. The summed E-state index contributed by atoms with van der Waals surface area (Å²) in [6.07, 6.45) is 0. The van der Waals surface area contributed by atoms with Gasteiger partial charge in [-0.1, -0.05) is 121 Å². The highest BCUT2D eigenvalue weighted by Crippen LogP contribution is 2.42. The molecule has 0 spiro atoms. The van der Waals surface area contributed by atoms with E-state index in [1.807, 2.05) is 72.0 Å². The standard InChI is InChI=1S/C27H17NS.C7H8N2.C7H9N/c1-28-22-8-4-2-6-20(22)26-18-10-11-19-17(16(18)12-14-23(26)28)13-15-25-27(19)21-7-3-5-9-24(21)29-25;8-7(9)6-4-2-1-3-5-6;8-6-7-4-2-1-3-5-7/h2-15H,1H3;1-5H,(H3,8,9);1-5H,6,8H2. The molecule has 0 saturated carbocycles. The summed E-state index contributed by atoms with van der Waals surface area (Å²) < 4.78 is 5.04. The quantitative estimate of drug-likeness (QED) is 0.103. The lowest BCUT2D eigenvalue weighted by Gasteiger charge is -2.08. The largest absolute Gasteiger partial charge is 0.384 e. The summed E-state index contributed by atoms with van der Waals surface area (Å²) in [4.78, 5) is 0. The number of thiophene rings is 1. The number of hydrogen-bond donors (Lipinski definition) is 3. The van der Waals surface area contributed by atoms with Gasteiger partial charge in [-0.2, -0.15) is 0 Å². The van der Waals surface area contributed by atoms with Crippen molar-refractivity contribution >= 4 is 80.7 Å². The van der Waals surface area contributed by atoms with Crippen LogP contribution in [0.5, 0.6) is 0 Å². The Hall–Kier alpha value is -5.49. The van der Waals surface area contributed by atoms with E-state index in [4.69, 9.17) is 16.9 Å². The van der Waals surface area contributed by atoms with E-state index >= 15 is 0 Å². The van der Waals surface area contributed by atoms with Crippen LogP contribution in [0, 0.1) is 5.41 Å². The summed E-state index contributed by atoms with van der Waals surface area (Å²) in [7, 11) is 2.17. The molecular formula is C41H34N4S. The molecule has 0 atom stereocenters. The Balaban J connectivity index is 0.000000163. The maximum absolute atomic E-state index is 7.01. The van der Waals surface area contributed by atoms with E-state index in [1.54, 1.807) is 0 Å². The van der Waals surface area contributed by atoms with Crippen LogP contribution < -0.4 is 11.5 Å². The minimum atomic E-state index is 0.121. The van der Waals surface area contributed by atoms with Gasteiger partial charge in [-0.15, -0.1) is 11.3 Å². The van der Waals surface area contributed by atoms with Crippen LogP contribution >= 0.6 is 11.3 Å². The van der Waals surface area contributed by atoms with Crippen molar-refractivity contribution in [3.63, 3.8) is 0 Å². The van der Waals surface area contributed by atoms with Crippen LogP contribution in [0.15, 0.2) is 146 Å². The maximum atomic E-state index is 7.01. The smallest absolute Gasteiger partial charge is 0.122 e. The maximum Gasteiger partial charge on any atom is 0.122 e. The van der Waals surface area contributed by atoms with Gasteiger partial charge in [0.1, 0.15) is 5.84 Å². The number of para-hydroxylation sites is 1. The zero-order valence-electron chi connectivity index (χ0n) is 25.6. The van der Waals surface area contributed by atoms with Gasteiger partial charge in [-0.3, -0.25) is 5.41 Å². The lowest BCUT2D eigenvalue weighted by Crippen LogP contribution is -2.10. The molecule has 224 valence electrons. The normalized spacial score (nSPS) is 11.1. The monoisotopic (exact) mass is 614 g/mol. The Kier molecular flexibility index (Phi) is 7.93. The Morgan fingerprint density at radius 2 is 1.11 bits per heavy atom. The second-order valence-corrected chi connectivity index (χ2v) is 12.4. The molecule has 9 aromatic rings. The molecule has 5 heteroatoms. The van der Waals surface area contributed by atoms with Crippen LogP contribution in [0.3, 0.4) is 0 Å². The summed E-state index contributed by atoms with van der Waals surface area (Å²) in [5.74, 6) is 0.121. The van der Waals surface area contributed by atoms with Crippen LogP contribution in [0.1, 0.15) is 11.1 Å². The molecule has 0 amide bonds. The van der Waals surface area contributed by atoms with Gasteiger partial charge in [0.25, 0.3) is 0 Å². The minimum absolute atomic E-state index is 0.121. The molecular weight excluding hydrogens is 581 g/mol. The predicted molar refractivity (Wildman–Crippen MR) is 200 cm³/mol. The van der Waals surface area contributed by atoms with Gasteiger partial charge in [0.2, 0.25) is 0 Å². The molecule has 2 heterocycles. The van der Waals surface area contributed by atoms with Crippen molar-refractivity contribution in [2.45, 2.75) is 6.54 Å². The average molecular weight is 615 g/mol. The van der Waals surface area contributed by atoms with E-state index in [0.717, 1.165) is 5.56 Å². The van der Waals surface area contributed by atoms with Crippen LogP contribution in [0.4, 0.5) is 0 Å². The molecule has 46 heavy (non-hydrogen) atoms. The van der Waals surface area contributed by atoms with Crippen molar-refractivity contribution < 1.29 is 0 Å².